The van der Waals surface area contributed by atoms with Gasteiger partial charge in [-0.25, -0.2) is 0 Å². The molecule has 19 heavy (non-hydrogen) atoms. The fraction of sp³-hybridized carbons (Fsp3) is 0.231. The van der Waals surface area contributed by atoms with Gasteiger partial charge in [-0.15, -0.1) is 0 Å². The Hall–Kier alpha value is -2.50. The lowest BCUT2D eigenvalue weighted by molar-refractivity contribution is -0.142. The number of carbonyl (C=O) groups excluding carboxylic acids is 4. The first-order valence-corrected chi connectivity index (χ1v) is 5.58. The van der Waals surface area contributed by atoms with Crippen molar-refractivity contribution < 1.29 is 19.2 Å². The van der Waals surface area contributed by atoms with Gasteiger partial charge >= 0.3 is 0 Å². The molecule has 100 valence electrons. The van der Waals surface area contributed by atoms with E-state index in [0.29, 0.717) is 0 Å². The molecule has 0 saturated carbocycles. The number of likely N-dealkylation sites (tertiary alicyclic amines) is 1. The molecule has 0 aromatic rings. The number of carbonyl (C=O) groups is 4. The SMILES string of the molecule is C=C/C=C1/C(=O)N(CC(=O)NC(C)=O)C(=O)/C1=C/C. The van der Waals surface area contributed by atoms with Crippen molar-refractivity contribution in [2.45, 2.75) is 13.8 Å². The van der Waals surface area contributed by atoms with Gasteiger partial charge in [-0.1, -0.05) is 18.7 Å². The van der Waals surface area contributed by atoms with Crippen molar-refractivity contribution >= 4 is 23.6 Å². The zero-order valence-electron chi connectivity index (χ0n) is 10.7. The summed E-state index contributed by atoms with van der Waals surface area (Å²) >= 11 is 0. The number of imide groups is 2. The molecule has 0 radical (unpaired) electrons. The lowest BCUT2D eigenvalue weighted by Gasteiger charge is -2.11. The molecule has 0 unspecified atom stereocenters. The van der Waals surface area contributed by atoms with E-state index in [1.807, 2.05) is 5.32 Å². The first-order chi connectivity index (χ1) is 8.92. The molecular weight excluding hydrogens is 248 g/mol. The summed E-state index contributed by atoms with van der Waals surface area (Å²) in [6, 6.07) is 0. The summed E-state index contributed by atoms with van der Waals surface area (Å²) in [5.41, 5.74) is 0.415. The Morgan fingerprint density at radius 3 is 2.32 bits per heavy atom. The highest BCUT2D eigenvalue weighted by Crippen LogP contribution is 2.24. The first kappa shape index (κ1) is 14.6. The molecular formula is C13H14N2O4. The number of hydrogen-bond acceptors (Lipinski definition) is 4. The van der Waals surface area contributed by atoms with Crippen LogP contribution in [0.5, 0.6) is 0 Å². The Kier molecular flexibility index (Phi) is 4.52. The maximum atomic E-state index is 12.0. The minimum Gasteiger partial charge on any atom is -0.295 e. The van der Waals surface area contributed by atoms with E-state index in [1.165, 1.54) is 25.2 Å². The molecule has 6 nitrogen and oxygen atoms in total. The van der Waals surface area contributed by atoms with Gasteiger partial charge in [0.2, 0.25) is 11.8 Å². The second kappa shape index (κ2) is 5.90. The van der Waals surface area contributed by atoms with Crippen LogP contribution in [0.3, 0.4) is 0 Å². The van der Waals surface area contributed by atoms with Crippen molar-refractivity contribution in [3.05, 3.63) is 36.0 Å². The van der Waals surface area contributed by atoms with Crippen LogP contribution in [-0.4, -0.2) is 35.1 Å². The predicted octanol–water partition coefficient (Wildman–Crippen LogP) is 0.0766. The summed E-state index contributed by atoms with van der Waals surface area (Å²) < 4.78 is 0. The number of amides is 4. The normalized spacial score (nSPS) is 19.2. The molecule has 1 saturated heterocycles. The van der Waals surface area contributed by atoms with Crippen LogP contribution < -0.4 is 5.32 Å². The Morgan fingerprint density at radius 1 is 1.26 bits per heavy atom. The van der Waals surface area contributed by atoms with Crippen molar-refractivity contribution in [1.82, 2.24) is 10.2 Å². The second-order valence-corrected chi connectivity index (χ2v) is 3.82. The molecule has 1 rings (SSSR count). The number of hydrogen-bond donors (Lipinski definition) is 1. The zero-order chi connectivity index (χ0) is 14.6. The maximum absolute atomic E-state index is 12.0. The highest BCUT2D eigenvalue weighted by atomic mass is 16.2. The Balaban J connectivity index is 2.98. The molecule has 1 heterocycles. The van der Waals surface area contributed by atoms with Gasteiger partial charge in [0.05, 0.1) is 5.57 Å². The molecule has 0 aliphatic carbocycles. The third kappa shape index (κ3) is 3.04. The van der Waals surface area contributed by atoms with Crippen molar-refractivity contribution in [1.29, 1.82) is 0 Å². The molecule has 0 atom stereocenters. The van der Waals surface area contributed by atoms with E-state index in [-0.39, 0.29) is 11.1 Å². The minimum absolute atomic E-state index is 0.193. The molecule has 0 spiro atoms. The second-order valence-electron chi connectivity index (χ2n) is 3.82. The van der Waals surface area contributed by atoms with Crippen LogP contribution in [-0.2, 0) is 19.2 Å². The van der Waals surface area contributed by atoms with Crippen LogP contribution in [0.2, 0.25) is 0 Å². The quantitative estimate of drug-likeness (QED) is 0.576. The molecule has 0 aromatic carbocycles. The molecule has 0 bridgehead atoms. The molecule has 1 N–H and O–H groups in total. The van der Waals surface area contributed by atoms with E-state index >= 15 is 0 Å². The van der Waals surface area contributed by atoms with E-state index in [2.05, 4.69) is 6.58 Å². The monoisotopic (exact) mass is 262 g/mol. The molecule has 1 fully saturated rings. The fourth-order valence-electron chi connectivity index (χ4n) is 1.69. The average molecular weight is 262 g/mol. The van der Waals surface area contributed by atoms with Gasteiger partial charge in [-0.3, -0.25) is 29.4 Å². The van der Waals surface area contributed by atoms with Gasteiger partial charge in [0.1, 0.15) is 6.54 Å². The van der Waals surface area contributed by atoms with Crippen LogP contribution in [0.15, 0.2) is 36.0 Å². The summed E-state index contributed by atoms with van der Waals surface area (Å²) in [5, 5.41) is 2.01. The van der Waals surface area contributed by atoms with Gasteiger partial charge in [0.25, 0.3) is 11.8 Å². The van der Waals surface area contributed by atoms with E-state index in [1.54, 1.807) is 6.92 Å². The number of rotatable bonds is 3. The topological polar surface area (TPSA) is 83.6 Å². The number of nitrogens with one attached hydrogen (secondary N) is 1. The lowest BCUT2D eigenvalue weighted by Crippen LogP contribution is -2.41. The van der Waals surface area contributed by atoms with Crippen molar-refractivity contribution in [3.8, 4) is 0 Å². The Labute approximate surface area is 110 Å². The van der Waals surface area contributed by atoms with Gasteiger partial charge in [-0.05, 0) is 13.0 Å². The summed E-state index contributed by atoms with van der Waals surface area (Å²) in [4.78, 5) is 46.9. The van der Waals surface area contributed by atoms with Crippen LogP contribution in [0.4, 0.5) is 0 Å². The fourth-order valence-corrected chi connectivity index (χ4v) is 1.69. The average Bonchev–Trinajstić information content (AvgIpc) is 2.53. The zero-order valence-corrected chi connectivity index (χ0v) is 10.7. The van der Waals surface area contributed by atoms with Crippen molar-refractivity contribution in [2.24, 2.45) is 0 Å². The predicted molar refractivity (Wildman–Crippen MR) is 67.6 cm³/mol. The molecule has 1 aliphatic rings. The Bertz CT molecular complexity index is 529. The number of allylic oxidation sites excluding steroid dienone is 3. The number of nitrogens with zero attached hydrogens (tertiary/aromatic N) is 1. The van der Waals surface area contributed by atoms with Crippen LogP contribution >= 0.6 is 0 Å². The summed E-state index contributed by atoms with van der Waals surface area (Å²) in [5.74, 6) is -2.38. The van der Waals surface area contributed by atoms with E-state index in [0.717, 1.165) is 4.90 Å². The molecule has 6 heteroatoms. The van der Waals surface area contributed by atoms with E-state index in [9.17, 15) is 19.2 Å². The van der Waals surface area contributed by atoms with E-state index < -0.39 is 30.2 Å². The van der Waals surface area contributed by atoms with Gasteiger partial charge in [-0.2, -0.15) is 0 Å². The summed E-state index contributed by atoms with van der Waals surface area (Å²) in [6.07, 6.45) is 4.31. The first-order valence-electron chi connectivity index (χ1n) is 5.58. The highest BCUT2D eigenvalue weighted by Gasteiger charge is 2.38. The van der Waals surface area contributed by atoms with Crippen molar-refractivity contribution in [3.63, 3.8) is 0 Å². The van der Waals surface area contributed by atoms with Crippen LogP contribution in [0, 0.1) is 0 Å². The van der Waals surface area contributed by atoms with E-state index in [4.69, 9.17) is 0 Å². The lowest BCUT2D eigenvalue weighted by atomic mass is 10.1. The molecule has 4 amide bonds. The van der Waals surface area contributed by atoms with Crippen LogP contribution in [0.25, 0.3) is 0 Å². The third-order valence-corrected chi connectivity index (χ3v) is 2.43. The summed E-state index contributed by atoms with van der Waals surface area (Å²) in [7, 11) is 0. The standard InChI is InChI=1S/C13H14N2O4/c1-4-6-10-9(5-2)12(18)15(13(10)19)7-11(17)14-8(3)16/h4-6H,1,7H2,2-3H3,(H,14,16,17)/b9-5+,10-6+. The smallest absolute Gasteiger partial charge is 0.262 e. The van der Waals surface area contributed by atoms with Crippen molar-refractivity contribution in [2.75, 3.05) is 6.54 Å². The largest absolute Gasteiger partial charge is 0.295 e. The van der Waals surface area contributed by atoms with Gasteiger partial charge < -0.3 is 0 Å². The van der Waals surface area contributed by atoms with Gasteiger partial charge in [0, 0.05) is 12.5 Å². The highest BCUT2D eigenvalue weighted by molar-refractivity contribution is 6.25. The van der Waals surface area contributed by atoms with Crippen LogP contribution in [0.1, 0.15) is 13.8 Å². The minimum atomic E-state index is -0.704. The Morgan fingerprint density at radius 2 is 1.84 bits per heavy atom. The third-order valence-electron chi connectivity index (χ3n) is 2.43. The summed E-state index contributed by atoms with van der Waals surface area (Å²) in [6.45, 7) is 5.78. The molecule has 1 aliphatic heterocycles. The maximum Gasteiger partial charge on any atom is 0.262 e. The molecule has 0 aromatic heterocycles. The van der Waals surface area contributed by atoms with Gasteiger partial charge in [0.15, 0.2) is 0 Å².